The number of thioether (sulfide) groups is 1. The molecule has 1 aliphatic heterocycles. The highest BCUT2D eigenvalue weighted by Crippen LogP contribution is 2.26. The van der Waals surface area contributed by atoms with Crippen molar-refractivity contribution in [2.75, 3.05) is 5.32 Å². The number of aliphatic imine (C=N–C) groups is 1. The van der Waals surface area contributed by atoms with Crippen LogP contribution in [0.1, 0.15) is 12.0 Å². The monoisotopic (exact) mass is 417 g/mol. The van der Waals surface area contributed by atoms with E-state index in [1.54, 1.807) is 12.1 Å². The predicted molar refractivity (Wildman–Crippen MR) is 105 cm³/mol. The third-order valence-corrected chi connectivity index (χ3v) is 5.15. The molecule has 1 saturated heterocycles. The fourth-order valence-corrected chi connectivity index (χ4v) is 3.49. The molecule has 7 heteroatoms. The Hall–Kier alpha value is -2.12. The second-order valence-electron chi connectivity index (χ2n) is 5.61. The summed E-state index contributed by atoms with van der Waals surface area (Å²) in [5.41, 5.74) is 2.62. The van der Waals surface area contributed by atoms with Gasteiger partial charge in [0.1, 0.15) is 5.25 Å². The van der Waals surface area contributed by atoms with Crippen LogP contribution >= 0.6 is 27.7 Å². The van der Waals surface area contributed by atoms with Gasteiger partial charge in [0.05, 0.1) is 5.69 Å². The number of halogens is 1. The van der Waals surface area contributed by atoms with Crippen LogP contribution in [0.3, 0.4) is 0 Å². The Morgan fingerprint density at radius 1 is 1.20 bits per heavy atom. The molecule has 0 aromatic heterocycles. The minimum Gasteiger partial charge on any atom is -0.326 e. The molecular formula is C18H16BrN3O2S. The summed E-state index contributed by atoms with van der Waals surface area (Å²) in [6, 6.07) is 15.0. The fraction of sp³-hybridized carbons (Fsp3) is 0.167. The van der Waals surface area contributed by atoms with Crippen molar-refractivity contribution >= 4 is 56.0 Å². The SMILES string of the molecule is Cc1ccc(N=C2NC(=O)[C@@H](CC(=O)Nc3ccc(Br)cc3)S2)cc1. The van der Waals surface area contributed by atoms with Crippen LogP contribution < -0.4 is 10.6 Å². The van der Waals surface area contributed by atoms with Crippen LogP contribution in [0.25, 0.3) is 0 Å². The second-order valence-corrected chi connectivity index (χ2v) is 7.71. The lowest BCUT2D eigenvalue weighted by Gasteiger charge is -2.07. The Morgan fingerprint density at radius 3 is 2.56 bits per heavy atom. The van der Waals surface area contributed by atoms with Gasteiger partial charge in [0.2, 0.25) is 11.8 Å². The van der Waals surface area contributed by atoms with E-state index < -0.39 is 5.25 Å². The van der Waals surface area contributed by atoms with E-state index in [4.69, 9.17) is 0 Å². The van der Waals surface area contributed by atoms with E-state index in [2.05, 4.69) is 31.6 Å². The molecule has 0 spiro atoms. The summed E-state index contributed by atoms with van der Waals surface area (Å²) in [4.78, 5) is 28.6. The summed E-state index contributed by atoms with van der Waals surface area (Å²) in [7, 11) is 0. The molecule has 1 fully saturated rings. The minimum absolute atomic E-state index is 0.0967. The van der Waals surface area contributed by atoms with E-state index in [-0.39, 0.29) is 18.2 Å². The van der Waals surface area contributed by atoms with Crippen molar-refractivity contribution in [2.24, 2.45) is 4.99 Å². The van der Waals surface area contributed by atoms with Crippen LogP contribution in [0.5, 0.6) is 0 Å². The van der Waals surface area contributed by atoms with Crippen LogP contribution in [-0.4, -0.2) is 22.2 Å². The van der Waals surface area contributed by atoms with Crippen molar-refractivity contribution in [1.82, 2.24) is 5.32 Å². The number of aryl methyl sites for hydroxylation is 1. The number of benzene rings is 2. The van der Waals surface area contributed by atoms with Crippen molar-refractivity contribution in [2.45, 2.75) is 18.6 Å². The molecule has 5 nitrogen and oxygen atoms in total. The number of hydrogen-bond acceptors (Lipinski definition) is 4. The molecule has 0 saturated carbocycles. The summed E-state index contributed by atoms with van der Waals surface area (Å²) in [6.45, 7) is 2.00. The first-order valence-corrected chi connectivity index (χ1v) is 9.35. The van der Waals surface area contributed by atoms with E-state index >= 15 is 0 Å². The lowest BCUT2D eigenvalue weighted by molar-refractivity contribution is -0.122. The number of nitrogens with zero attached hydrogens (tertiary/aromatic N) is 1. The van der Waals surface area contributed by atoms with E-state index in [1.165, 1.54) is 11.8 Å². The highest BCUT2D eigenvalue weighted by atomic mass is 79.9. The summed E-state index contributed by atoms with van der Waals surface area (Å²) in [5, 5.41) is 5.58. The van der Waals surface area contributed by atoms with Gasteiger partial charge in [0.25, 0.3) is 0 Å². The number of rotatable bonds is 4. The first-order chi connectivity index (χ1) is 12.0. The smallest absolute Gasteiger partial charge is 0.240 e. The average molecular weight is 418 g/mol. The first kappa shape index (κ1) is 17.7. The normalized spacial score (nSPS) is 18.2. The molecule has 2 aromatic rings. The van der Waals surface area contributed by atoms with Gasteiger partial charge in [-0.2, -0.15) is 0 Å². The minimum atomic E-state index is -0.473. The molecule has 1 atom stereocenters. The average Bonchev–Trinajstić information content (AvgIpc) is 2.91. The Labute approximate surface area is 158 Å². The predicted octanol–water partition coefficient (Wildman–Crippen LogP) is 4.01. The molecule has 3 rings (SSSR count). The molecule has 2 N–H and O–H groups in total. The molecular weight excluding hydrogens is 402 g/mol. The van der Waals surface area contributed by atoms with E-state index in [0.29, 0.717) is 10.9 Å². The Bertz CT molecular complexity index is 819. The Kier molecular flexibility index (Phi) is 5.55. The number of hydrogen-bond donors (Lipinski definition) is 2. The molecule has 128 valence electrons. The highest BCUT2D eigenvalue weighted by molar-refractivity contribution is 9.10. The van der Waals surface area contributed by atoms with Crippen molar-refractivity contribution in [3.8, 4) is 0 Å². The van der Waals surface area contributed by atoms with Crippen LogP contribution in [0, 0.1) is 6.92 Å². The summed E-state index contributed by atoms with van der Waals surface area (Å²) < 4.78 is 0.938. The van der Waals surface area contributed by atoms with Crippen molar-refractivity contribution in [1.29, 1.82) is 0 Å². The van der Waals surface area contributed by atoms with Gasteiger partial charge in [-0.15, -0.1) is 0 Å². The zero-order chi connectivity index (χ0) is 17.8. The number of carbonyl (C=O) groups is 2. The molecule has 25 heavy (non-hydrogen) atoms. The highest BCUT2D eigenvalue weighted by Gasteiger charge is 2.32. The zero-order valence-corrected chi connectivity index (χ0v) is 15.9. The number of amides is 2. The molecule has 0 aliphatic carbocycles. The van der Waals surface area contributed by atoms with Gasteiger partial charge in [-0.3, -0.25) is 9.59 Å². The quantitative estimate of drug-likeness (QED) is 0.789. The first-order valence-electron chi connectivity index (χ1n) is 7.68. The number of nitrogens with one attached hydrogen (secondary N) is 2. The van der Waals surface area contributed by atoms with Crippen molar-refractivity contribution in [3.63, 3.8) is 0 Å². The van der Waals surface area contributed by atoms with Gasteiger partial charge in [-0.1, -0.05) is 45.4 Å². The van der Waals surface area contributed by atoms with E-state index in [9.17, 15) is 9.59 Å². The van der Waals surface area contributed by atoms with Gasteiger partial charge in [-0.05, 0) is 43.3 Å². The second kappa shape index (κ2) is 7.84. The molecule has 1 aliphatic rings. The zero-order valence-electron chi connectivity index (χ0n) is 13.5. The van der Waals surface area contributed by atoms with E-state index in [1.807, 2.05) is 43.3 Å². The number of amidine groups is 1. The van der Waals surface area contributed by atoms with Crippen molar-refractivity contribution < 1.29 is 9.59 Å². The third-order valence-electron chi connectivity index (χ3n) is 3.54. The third kappa shape index (κ3) is 4.93. The topological polar surface area (TPSA) is 70.6 Å². The molecule has 1 heterocycles. The molecule has 2 aromatic carbocycles. The lowest BCUT2D eigenvalue weighted by Crippen LogP contribution is -2.28. The Balaban J connectivity index is 1.59. The van der Waals surface area contributed by atoms with Crippen LogP contribution in [0.15, 0.2) is 58.0 Å². The van der Waals surface area contributed by atoms with Gasteiger partial charge >= 0.3 is 0 Å². The largest absolute Gasteiger partial charge is 0.326 e. The van der Waals surface area contributed by atoms with E-state index in [0.717, 1.165) is 15.7 Å². The van der Waals surface area contributed by atoms with Crippen LogP contribution in [0.4, 0.5) is 11.4 Å². The number of carbonyl (C=O) groups excluding carboxylic acids is 2. The molecule has 0 unspecified atom stereocenters. The van der Waals surface area contributed by atoms with Gasteiger partial charge < -0.3 is 10.6 Å². The van der Waals surface area contributed by atoms with Gasteiger partial charge in [0, 0.05) is 16.6 Å². The summed E-state index contributed by atoms with van der Waals surface area (Å²) in [6.07, 6.45) is 0.0967. The molecule has 0 bridgehead atoms. The van der Waals surface area contributed by atoms with Gasteiger partial charge in [-0.25, -0.2) is 4.99 Å². The van der Waals surface area contributed by atoms with Crippen LogP contribution in [-0.2, 0) is 9.59 Å². The van der Waals surface area contributed by atoms with Gasteiger partial charge in [0.15, 0.2) is 5.17 Å². The lowest BCUT2D eigenvalue weighted by atomic mass is 10.2. The standard InChI is InChI=1S/C18H16BrN3O2S/c1-11-2-6-14(7-3-11)21-18-22-17(24)15(25-18)10-16(23)20-13-8-4-12(19)5-9-13/h2-9,15H,10H2,1H3,(H,20,23)(H,21,22,24)/t15-/m1/s1. The molecule has 0 radical (unpaired) electrons. The van der Waals surface area contributed by atoms with Crippen LogP contribution in [0.2, 0.25) is 0 Å². The fourth-order valence-electron chi connectivity index (χ4n) is 2.24. The van der Waals surface area contributed by atoms with Crippen molar-refractivity contribution in [3.05, 3.63) is 58.6 Å². The summed E-state index contributed by atoms with van der Waals surface area (Å²) in [5.74, 6) is -0.395. The number of anilines is 1. The summed E-state index contributed by atoms with van der Waals surface area (Å²) >= 11 is 4.63. The molecule has 2 amide bonds. The Morgan fingerprint density at radius 2 is 1.88 bits per heavy atom. The maximum atomic E-state index is 12.1. The maximum absolute atomic E-state index is 12.1. The maximum Gasteiger partial charge on any atom is 0.240 e.